The minimum Gasteiger partial charge on any atom is -0.309 e. The van der Waals surface area contributed by atoms with E-state index in [2.05, 4.69) is 231 Å². The number of benzene rings is 9. The molecule has 0 aliphatic heterocycles. The van der Waals surface area contributed by atoms with Gasteiger partial charge in [0.2, 0.25) is 0 Å². The summed E-state index contributed by atoms with van der Waals surface area (Å²) in [4.78, 5) is 2.64. The van der Waals surface area contributed by atoms with Crippen LogP contribution in [0.15, 0.2) is 212 Å². The van der Waals surface area contributed by atoms with Crippen molar-refractivity contribution >= 4 is 17.1 Å². The standard InChI is InChI=1S/C63H49N/c1-61(2)52-31-13-9-26-46(52)49-29-19-30-50(60(49)61)48-27-12-16-35-57(48)64(44-37-38-47-45-25-10-14-32-53(45)62(56(47)41-44)39-17-18-40-62)58-36-20-34-55-59(58)51-28-11-15-33-54(51)63(55,42-21-5-3-6-22-42)43-23-7-4-8-24-43/h3-16,19-38,41H,17-18,39-40H2,1-2H3. The zero-order valence-electron chi connectivity index (χ0n) is 36.5. The molecule has 0 heterocycles. The van der Waals surface area contributed by atoms with Crippen LogP contribution in [0.1, 0.15) is 84.0 Å². The van der Waals surface area contributed by atoms with E-state index in [-0.39, 0.29) is 10.8 Å². The summed E-state index contributed by atoms with van der Waals surface area (Å²) >= 11 is 0. The molecule has 0 saturated heterocycles. The molecule has 0 radical (unpaired) electrons. The largest absolute Gasteiger partial charge is 0.309 e. The zero-order valence-corrected chi connectivity index (χ0v) is 36.5. The fraction of sp³-hybridized carbons (Fsp3) is 0.143. The molecule has 0 N–H and O–H groups in total. The van der Waals surface area contributed by atoms with E-state index in [1.807, 2.05) is 0 Å². The third-order valence-electron chi connectivity index (χ3n) is 15.7. The van der Waals surface area contributed by atoms with Gasteiger partial charge in [0.15, 0.2) is 0 Å². The van der Waals surface area contributed by atoms with Crippen LogP contribution in [-0.2, 0) is 16.2 Å². The maximum atomic E-state index is 2.64. The first-order chi connectivity index (χ1) is 31.5. The third kappa shape index (κ3) is 4.96. The molecule has 4 aliphatic carbocycles. The Morgan fingerprint density at radius 3 is 1.55 bits per heavy atom. The Balaban J connectivity index is 1.12. The van der Waals surface area contributed by atoms with E-state index >= 15 is 0 Å². The van der Waals surface area contributed by atoms with Crippen LogP contribution < -0.4 is 4.90 Å². The van der Waals surface area contributed by atoms with Crippen molar-refractivity contribution in [1.29, 1.82) is 0 Å². The van der Waals surface area contributed by atoms with Crippen molar-refractivity contribution in [1.82, 2.24) is 0 Å². The first kappa shape index (κ1) is 37.3. The maximum absolute atomic E-state index is 2.64. The highest BCUT2D eigenvalue weighted by Gasteiger charge is 2.49. The van der Waals surface area contributed by atoms with Gasteiger partial charge in [0.25, 0.3) is 0 Å². The Bertz CT molecular complexity index is 3270. The maximum Gasteiger partial charge on any atom is 0.0714 e. The fourth-order valence-electron chi connectivity index (χ4n) is 13.1. The zero-order chi connectivity index (χ0) is 42.6. The van der Waals surface area contributed by atoms with E-state index in [1.165, 1.54) is 132 Å². The molecule has 1 nitrogen and oxygen atoms in total. The molecule has 1 heteroatoms. The van der Waals surface area contributed by atoms with Crippen molar-refractivity contribution < 1.29 is 0 Å². The van der Waals surface area contributed by atoms with Crippen molar-refractivity contribution in [3.8, 4) is 44.5 Å². The van der Waals surface area contributed by atoms with Gasteiger partial charge in [-0.3, -0.25) is 0 Å². The molecule has 1 spiro atoms. The predicted octanol–water partition coefficient (Wildman–Crippen LogP) is 16.3. The second kappa shape index (κ2) is 13.9. The van der Waals surface area contributed by atoms with Gasteiger partial charge in [0.1, 0.15) is 0 Å². The lowest BCUT2D eigenvalue weighted by atomic mass is 9.68. The number of fused-ring (bicyclic) bond motifs is 11. The molecule has 0 bridgehead atoms. The molecule has 1 fully saturated rings. The average molecular weight is 820 g/mol. The van der Waals surface area contributed by atoms with Crippen molar-refractivity contribution in [2.75, 3.05) is 4.90 Å². The smallest absolute Gasteiger partial charge is 0.0714 e. The van der Waals surface area contributed by atoms with Crippen LogP contribution in [-0.4, -0.2) is 0 Å². The van der Waals surface area contributed by atoms with Gasteiger partial charge in [-0.25, -0.2) is 0 Å². The van der Waals surface area contributed by atoms with Crippen LogP contribution in [0.3, 0.4) is 0 Å². The summed E-state index contributed by atoms with van der Waals surface area (Å²) in [6, 6.07) is 80.6. The normalized spacial score (nSPS) is 16.1. The van der Waals surface area contributed by atoms with E-state index in [0.717, 1.165) is 0 Å². The molecule has 1 saturated carbocycles. The summed E-state index contributed by atoms with van der Waals surface area (Å²) in [5.41, 5.74) is 24.4. The Kier molecular flexibility index (Phi) is 8.10. The number of hydrogen-bond acceptors (Lipinski definition) is 1. The predicted molar refractivity (Wildman–Crippen MR) is 266 cm³/mol. The molecule has 0 amide bonds. The number of hydrogen-bond donors (Lipinski definition) is 0. The Hall–Kier alpha value is -7.22. The van der Waals surface area contributed by atoms with Gasteiger partial charge in [-0.15, -0.1) is 0 Å². The lowest BCUT2D eigenvalue weighted by molar-refractivity contribution is 0.550. The number of nitrogens with zero attached hydrogens (tertiary/aromatic N) is 1. The van der Waals surface area contributed by atoms with Gasteiger partial charge in [-0.05, 0) is 115 Å². The van der Waals surface area contributed by atoms with E-state index in [4.69, 9.17) is 0 Å². The summed E-state index contributed by atoms with van der Waals surface area (Å²) in [6.07, 6.45) is 4.89. The molecule has 0 aromatic heterocycles. The number of anilines is 3. The Morgan fingerprint density at radius 2 is 0.844 bits per heavy atom. The molecular weight excluding hydrogens is 771 g/mol. The third-order valence-corrected chi connectivity index (χ3v) is 15.7. The SMILES string of the molecule is CC1(C)c2ccccc2-c2cccc(-c3ccccc3N(c3ccc4c(c3)C3(CCCC3)c3ccccc3-4)c3cccc4c3-c3ccccc3C4(c3ccccc3)c3ccccc3)c21. The molecule has 64 heavy (non-hydrogen) atoms. The lowest BCUT2D eigenvalue weighted by Crippen LogP contribution is -2.28. The minimum atomic E-state index is -0.515. The highest BCUT2D eigenvalue weighted by Crippen LogP contribution is 2.62. The van der Waals surface area contributed by atoms with Crippen molar-refractivity contribution in [2.24, 2.45) is 0 Å². The van der Waals surface area contributed by atoms with Crippen molar-refractivity contribution in [3.63, 3.8) is 0 Å². The van der Waals surface area contributed by atoms with E-state index < -0.39 is 5.41 Å². The minimum absolute atomic E-state index is 0.0319. The van der Waals surface area contributed by atoms with E-state index in [0.29, 0.717) is 0 Å². The molecule has 13 rings (SSSR count). The van der Waals surface area contributed by atoms with Crippen LogP contribution in [0.5, 0.6) is 0 Å². The molecule has 4 aliphatic rings. The average Bonchev–Trinajstić information content (AvgIpc) is 4.10. The summed E-state index contributed by atoms with van der Waals surface area (Å²) in [7, 11) is 0. The summed E-state index contributed by atoms with van der Waals surface area (Å²) in [6.45, 7) is 4.82. The highest BCUT2D eigenvalue weighted by atomic mass is 15.1. The lowest BCUT2D eigenvalue weighted by Gasteiger charge is -2.35. The number of para-hydroxylation sites is 1. The fourth-order valence-corrected chi connectivity index (χ4v) is 13.1. The van der Waals surface area contributed by atoms with Crippen molar-refractivity contribution in [3.05, 3.63) is 257 Å². The number of rotatable bonds is 6. The summed E-state index contributed by atoms with van der Waals surface area (Å²) in [5, 5.41) is 0. The van der Waals surface area contributed by atoms with Gasteiger partial charge in [0.05, 0.1) is 16.8 Å². The van der Waals surface area contributed by atoms with Gasteiger partial charge >= 0.3 is 0 Å². The van der Waals surface area contributed by atoms with Crippen LogP contribution in [0.25, 0.3) is 44.5 Å². The molecular formula is C63H49N. The molecule has 9 aromatic carbocycles. The first-order valence-corrected chi connectivity index (χ1v) is 23.2. The van der Waals surface area contributed by atoms with Gasteiger partial charge in [-0.2, -0.15) is 0 Å². The second-order valence-corrected chi connectivity index (χ2v) is 19.0. The van der Waals surface area contributed by atoms with Gasteiger partial charge < -0.3 is 4.90 Å². The quantitative estimate of drug-likeness (QED) is 0.162. The van der Waals surface area contributed by atoms with Gasteiger partial charge in [0, 0.05) is 27.6 Å². The van der Waals surface area contributed by atoms with Crippen LogP contribution in [0, 0.1) is 0 Å². The monoisotopic (exact) mass is 819 g/mol. The van der Waals surface area contributed by atoms with E-state index in [9.17, 15) is 0 Å². The van der Waals surface area contributed by atoms with Crippen LogP contribution in [0.4, 0.5) is 17.1 Å². The summed E-state index contributed by atoms with van der Waals surface area (Å²) in [5.74, 6) is 0. The topological polar surface area (TPSA) is 3.24 Å². The van der Waals surface area contributed by atoms with Gasteiger partial charge in [-0.1, -0.05) is 215 Å². The van der Waals surface area contributed by atoms with Crippen LogP contribution in [0.2, 0.25) is 0 Å². The molecule has 0 atom stereocenters. The second-order valence-electron chi connectivity index (χ2n) is 19.0. The van der Waals surface area contributed by atoms with E-state index in [1.54, 1.807) is 0 Å². The molecule has 0 unspecified atom stereocenters. The Labute approximate surface area is 377 Å². The molecule has 306 valence electrons. The summed E-state index contributed by atoms with van der Waals surface area (Å²) < 4.78 is 0. The highest BCUT2D eigenvalue weighted by molar-refractivity contribution is 6.01. The Morgan fingerprint density at radius 1 is 0.359 bits per heavy atom. The first-order valence-electron chi connectivity index (χ1n) is 23.2. The molecule has 9 aromatic rings. The van der Waals surface area contributed by atoms with Crippen molar-refractivity contribution in [2.45, 2.75) is 55.8 Å². The van der Waals surface area contributed by atoms with Crippen LogP contribution >= 0.6 is 0 Å².